The first kappa shape index (κ1) is 25.2. The summed E-state index contributed by atoms with van der Waals surface area (Å²) in [5.41, 5.74) is 1.24. The highest BCUT2D eigenvalue weighted by molar-refractivity contribution is 5.91. The predicted molar refractivity (Wildman–Crippen MR) is 105 cm³/mol. The van der Waals surface area contributed by atoms with Crippen LogP contribution in [0.2, 0.25) is 0 Å². The van der Waals surface area contributed by atoms with E-state index in [1.807, 2.05) is 0 Å². The fraction of sp³-hybridized carbons (Fsp3) is 0.667. The molecule has 0 amide bonds. The van der Waals surface area contributed by atoms with Gasteiger partial charge < -0.3 is 14.6 Å². The molecular formula is C21H28F5NO4. The van der Waals surface area contributed by atoms with Crippen LogP contribution in [-0.4, -0.2) is 60.9 Å². The molecule has 0 unspecified atom stereocenters. The highest BCUT2D eigenvalue weighted by Gasteiger charge is 2.58. The Morgan fingerprint density at radius 3 is 2.13 bits per heavy atom. The van der Waals surface area contributed by atoms with Gasteiger partial charge in [0.05, 0.1) is 25.3 Å². The molecule has 1 N–H and O–H groups in total. The van der Waals surface area contributed by atoms with Crippen molar-refractivity contribution in [2.45, 2.75) is 58.1 Å². The van der Waals surface area contributed by atoms with Crippen molar-refractivity contribution in [2.24, 2.45) is 0 Å². The van der Waals surface area contributed by atoms with Gasteiger partial charge >= 0.3 is 18.1 Å². The third-order valence-electron chi connectivity index (χ3n) is 5.39. The molecule has 1 aromatic carbocycles. The molecule has 0 radical (unpaired) electrons. The summed E-state index contributed by atoms with van der Waals surface area (Å²) in [5.74, 6) is -5.35. The Labute approximate surface area is 178 Å². The van der Waals surface area contributed by atoms with Gasteiger partial charge in [-0.3, -0.25) is 4.90 Å². The molecule has 0 aromatic heterocycles. The number of piperidine rings is 1. The molecule has 31 heavy (non-hydrogen) atoms. The van der Waals surface area contributed by atoms with E-state index < -0.39 is 24.6 Å². The summed E-state index contributed by atoms with van der Waals surface area (Å²) in [7, 11) is 0. The smallest absolute Gasteiger partial charge is 0.454 e. The highest BCUT2D eigenvalue weighted by atomic mass is 19.4. The monoisotopic (exact) mass is 453 g/mol. The van der Waals surface area contributed by atoms with E-state index in [0.717, 1.165) is 4.90 Å². The molecule has 0 saturated carbocycles. The Balaban J connectivity index is 2.36. The number of alkyl halides is 5. The van der Waals surface area contributed by atoms with Gasteiger partial charge in [-0.25, -0.2) is 4.79 Å². The Bertz CT molecular complexity index is 774. The minimum Gasteiger partial charge on any atom is -0.493 e. The molecule has 1 saturated heterocycles. The molecule has 1 aliphatic rings. The van der Waals surface area contributed by atoms with E-state index in [0.29, 0.717) is 41.9 Å². The number of ether oxygens (including phenoxy) is 2. The van der Waals surface area contributed by atoms with Crippen LogP contribution in [0.3, 0.4) is 0 Å². The Morgan fingerprint density at radius 2 is 1.68 bits per heavy atom. The lowest BCUT2D eigenvalue weighted by atomic mass is 9.85. The van der Waals surface area contributed by atoms with Gasteiger partial charge in [-0.05, 0) is 58.2 Å². The summed E-state index contributed by atoms with van der Waals surface area (Å²) in [6, 6.07) is 1.45. The summed E-state index contributed by atoms with van der Waals surface area (Å²) < 4.78 is 76.0. The molecule has 2 rings (SSSR count). The summed E-state index contributed by atoms with van der Waals surface area (Å²) in [6.45, 7) is 4.60. The van der Waals surface area contributed by atoms with E-state index in [9.17, 15) is 31.9 Å². The molecule has 0 atom stereocenters. The maximum atomic E-state index is 13.4. The maximum Gasteiger partial charge on any atom is 0.454 e. The first-order chi connectivity index (χ1) is 14.5. The van der Waals surface area contributed by atoms with Crippen LogP contribution >= 0.6 is 0 Å². The molecule has 1 aromatic rings. The zero-order chi connectivity index (χ0) is 23.4. The molecular weight excluding hydrogens is 425 g/mol. The number of hydrogen-bond acceptors (Lipinski definition) is 4. The van der Waals surface area contributed by atoms with Crippen molar-refractivity contribution in [2.75, 3.05) is 32.8 Å². The third-order valence-corrected chi connectivity index (χ3v) is 5.39. The lowest BCUT2D eigenvalue weighted by molar-refractivity contribution is -0.287. The lowest BCUT2D eigenvalue weighted by Gasteiger charge is -2.36. The van der Waals surface area contributed by atoms with Gasteiger partial charge in [0.25, 0.3) is 0 Å². The van der Waals surface area contributed by atoms with Gasteiger partial charge in [-0.15, -0.1) is 0 Å². The first-order valence-electron chi connectivity index (χ1n) is 10.3. The van der Waals surface area contributed by atoms with Gasteiger partial charge in [-0.2, -0.15) is 22.0 Å². The number of carboxylic acid groups (broad SMARTS) is 1. The van der Waals surface area contributed by atoms with Crippen LogP contribution in [0, 0.1) is 0 Å². The third kappa shape index (κ3) is 5.58. The van der Waals surface area contributed by atoms with Crippen LogP contribution in [0.15, 0.2) is 6.07 Å². The first-order valence-corrected chi connectivity index (χ1v) is 10.3. The summed E-state index contributed by atoms with van der Waals surface area (Å²) >= 11 is 0. The van der Waals surface area contributed by atoms with E-state index in [1.54, 1.807) is 20.8 Å². The van der Waals surface area contributed by atoms with Crippen LogP contribution in [0.25, 0.3) is 0 Å². The number of likely N-dealkylation sites (tertiary alicyclic amines) is 1. The summed E-state index contributed by atoms with van der Waals surface area (Å²) in [6.07, 6.45) is -4.54. The molecule has 0 bridgehead atoms. The highest BCUT2D eigenvalue weighted by Crippen LogP contribution is 2.45. The van der Waals surface area contributed by atoms with Crippen molar-refractivity contribution < 1.29 is 41.3 Å². The number of hydrogen-bond donors (Lipinski definition) is 1. The minimum atomic E-state index is -5.59. The molecule has 10 heteroatoms. The molecule has 1 fully saturated rings. The molecule has 1 heterocycles. The largest absolute Gasteiger partial charge is 0.493 e. The van der Waals surface area contributed by atoms with Crippen LogP contribution in [0.4, 0.5) is 22.0 Å². The average Bonchev–Trinajstić information content (AvgIpc) is 2.68. The van der Waals surface area contributed by atoms with Crippen LogP contribution in [0.1, 0.15) is 61.0 Å². The fourth-order valence-electron chi connectivity index (χ4n) is 3.96. The van der Waals surface area contributed by atoms with Gasteiger partial charge in [0, 0.05) is 11.1 Å². The second-order valence-corrected chi connectivity index (χ2v) is 7.42. The number of halogens is 5. The standard InChI is InChI=1S/C21H28F5NO4/c1-4-14-15(19(28)29)11-16(30-5-2)17(18(14)31-6-3)13-7-9-27(10-8-13)12-20(22,23)21(24,25)26/h11,13H,4-10,12H2,1-3H3,(H,28,29). The Morgan fingerprint density at radius 1 is 1.10 bits per heavy atom. The molecule has 176 valence electrons. The summed E-state index contributed by atoms with van der Waals surface area (Å²) in [4.78, 5) is 12.9. The maximum absolute atomic E-state index is 13.4. The van der Waals surface area contributed by atoms with Crippen molar-refractivity contribution in [3.63, 3.8) is 0 Å². The number of aromatic carboxylic acids is 1. The predicted octanol–water partition coefficient (Wildman–Crippen LogP) is 5.12. The summed E-state index contributed by atoms with van der Waals surface area (Å²) in [5, 5.41) is 9.61. The molecule has 5 nitrogen and oxygen atoms in total. The average molecular weight is 453 g/mol. The number of rotatable bonds is 9. The zero-order valence-corrected chi connectivity index (χ0v) is 17.8. The Kier molecular flexibility index (Phi) is 8.13. The van der Waals surface area contributed by atoms with Crippen LogP contribution < -0.4 is 9.47 Å². The van der Waals surface area contributed by atoms with Crippen molar-refractivity contribution >= 4 is 5.97 Å². The van der Waals surface area contributed by atoms with Gasteiger partial charge in [0.1, 0.15) is 11.5 Å². The normalized spacial score (nSPS) is 16.4. The molecule has 1 aliphatic heterocycles. The van der Waals surface area contributed by atoms with Crippen LogP contribution in [0.5, 0.6) is 11.5 Å². The molecule has 0 aliphatic carbocycles. The van der Waals surface area contributed by atoms with Gasteiger partial charge in [0.2, 0.25) is 0 Å². The van der Waals surface area contributed by atoms with E-state index >= 15 is 0 Å². The van der Waals surface area contributed by atoms with Crippen molar-refractivity contribution in [1.29, 1.82) is 0 Å². The SMILES string of the molecule is CCOc1cc(C(=O)O)c(CC)c(OCC)c1C1CCN(CC(F)(F)C(F)(F)F)CC1. The van der Waals surface area contributed by atoms with Gasteiger partial charge in [-0.1, -0.05) is 6.92 Å². The van der Waals surface area contributed by atoms with Crippen molar-refractivity contribution in [3.8, 4) is 11.5 Å². The van der Waals surface area contributed by atoms with E-state index in [1.165, 1.54) is 6.07 Å². The van der Waals surface area contributed by atoms with Gasteiger partial charge in [0.15, 0.2) is 0 Å². The number of nitrogens with zero attached hydrogens (tertiary/aromatic N) is 1. The van der Waals surface area contributed by atoms with Crippen LogP contribution in [-0.2, 0) is 6.42 Å². The van der Waals surface area contributed by atoms with E-state index in [-0.39, 0.29) is 37.8 Å². The Hall–Kier alpha value is -2.10. The fourth-order valence-corrected chi connectivity index (χ4v) is 3.96. The lowest BCUT2D eigenvalue weighted by Crippen LogP contribution is -2.48. The quantitative estimate of drug-likeness (QED) is 0.526. The second-order valence-electron chi connectivity index (χ2n) is 7.42. The molecule has 0 spiro atoms. The van der Waals surface area contributed by atoms with Crippen molar-refractivity contribution in [3.05, 3.63) is 22.8 Å². The van der Waals surface area contributed by atoms with E-state index in [4.69, 9.17) is 9.47 Å². The number of benzene rings is 1. The number of carbonyl (C=O) groups is 1. The van der Waals surface area contributed by atoms with Crippen molar-refractivity contribution in [1.82, 2.24) is 4.90 Å². The number of carboxylic acids is 1. The van der Waals surface area contributed by atoms with E-state index in [2.05, 4.69) is 0 Å². The minimum absolute atomic E-state index is 0.0512. The second kappa shape index (κ2) is 10.0. The zero-order valence-electron chi connectivity index (χ0n) is 17.8. The topological polar surface area (TPSA) is 59.0 Å².